The van der Waals surface area contributed by atoms with Gasteiger partial charge < -0.3 is 5.11 Å². The van der Waals surface area contributed by atoms with Gasteiger partial charge in [-0.05, 0) is 37.1 Å². The lowest BCUT2D eigenvalue weighted by atomic mass is 10.1. The maximum atomic E-state index is 11.7. The van der Waals surface area contributed by atoms with Crippen molar-refractivity contribution in [1.29, 1.82) is 0 Å². The fraction of sp³-hybridized carbons (Fsp3) is 0.188. The van der Waals surface area contributed by atoms with E-state index >= 15 is 0 Å². The molecular formula is C16H17N3O2. The molecule has 1 amide bonds. The lowest BCUT2D eigenvalue weighted by Crippen LogP contribution is -2.18. The van der Waals surface area contributed by atoms with Crippen molar-refractivity contribution in [2.45, 2.75) is 19.8 Å². The van der Waals surface area contributed by atoms with Crippen LogP contribution in [0.15, 0.2) is 47.6 Å². The molecule has 0 aliphatic rings. The monoisotopic (exact) mass is 283 g/mol. The fourth-order valence-electron chi connectivity index (χ4n) is 1.83. The van der Waals surface area contributed by atoms with Gasteiger partial charge in [-0.2, -0.15) is 5.10 Å². The first-order valence-electron chi connectivity index (χ1n) is 6.67. The molecule has 0 saturated carbocycles. The second kappa shape index (κ2) is 7.19. The Morgan fingerprint density at radius 1 is 1.29 bits per heavy atom. The summed E-state index contributed by atoms with van der Waals surface area (Å²) < 4.78 is 0. The molecule has 2 rings (SSSR count). The molecule has 0 bridgehead atoms. The van der Waals surface area contributed by atoms with Crippen LogP contribution in [0.5, 0.6) is 5.75 Å². The molecule has 0 aliphatic heterocycles. The van der Waals surface area contributed by atoms with Gasteiger partial charge in [-0.25, -0.2) is 5.43 Å². The molecule has 2 aromatic rings. The number of carbonyl (C=O) groups excluding carboxylic acids is 1. The number of pyridine rings is 1. The third-order valence-corrected chi connectivity index (χ3v) is 2.91. The van der Waals surface area contributed by atoms with Gasteiger partial charge >= 0.3 is 0 Å². The molecular weight excluding hydrogens is 266 g/mol. The first kappa shape index (κ1) is 14.7. The first-order valence-corrected chi connectivity index (χ1v) is 6.67. The number of benzene rings is 1. The number of aromatic nitrogens is 1. The lowest BCUT2D eigenvalue weighted by molar-refractivity contribution is -0.121. The number of phenols is 1. The van der Waals surface area contributed by atoms with Crippen molar-refractivity contribution < 1.29 is 9.90 Å². The van der Waals surface area contributed by atoms with Crippen molar-refractivity contribution in [2.75, 3.05) is 0 Å². The van der Waals surface area contributed by atoms with E-state index in [4.69, 9.17) is 0 Å². The number of nitrogens with zero attached hydrogens (tertiary/aromatic N) is 2. The summed E-state index contributed by atoms with van der Waals surface area (Å²) in [6.45, 7) is 1.89. The van der Waals surface area contributed by atoms with E-state index in [0.29, 0.717) is 12.1 Å². The molecule has 5 nitrogen and oxygen atoms in total. The number of amides is 1. The number of carbonyl (C=O) groups is 1. The third kappa shape index (κ3) is 4.72. The molecule has 1 aromatic heterocycles. The maximum Gasteiger partial charge on any atom is 0.240 e. The maximum absolute atomic E-state index is 11.7. The molecule has 0 fully saturated rings. The zero-order valence-electron chi connectivity index (χ0n) is 11.8. The van der Waals surface area contributed by atoms with Crippen LogP contribution in [-0.4, -0.2) is 22.2 Å². The second-order valence-electron chi connectivity index (χ2n) is 4.63. The van der Waals surface area contributed by atoms with Crippen molar-refractivity contribution >= 4 is 12.1 Å². The van der Waals surface area contributed by atoms with E-state index in [9.17, 15) is 9.90 Å². The predicted octanol–water partition coefficient (Wildman–Crippen LogP) is 2.18. The van der Waals surface area contributed by atoms with Gasteiger partial charge in [0.1, 0.15) is 5.75 Å². The molecule has 0 atom stereocenters. The number of para-hydroxylation sites is 1. The van der Waals surface area contributed by atoms with Crippen LogP contribution < -0.4 is 5.43 Å². The van der Waals surface area contributed by atoms with Crippen molar-refractivity contribution in [1.82, 2.24) is 10.4 Å². The Bertz CT molecular complexity index is 653. The quantitative estimate of drug-likeness (QED) is 0.652. The molecule has 5 heteroatoms. The third-order valence-electron chi connectivity index (χ3n) is 2.91. The Morgan fingerprint density at radius 3 is 2.86 bits per heavy atom. The zero-order chi connectivity index (χ0) is 15.1. The summed E-state index contributed by atoms with van der Waals surface area (Å²) in [5.74, 6) is -0.0000758. The number of hydrogen-bond acceptors (Lipinski definition) is 4. The van der Waals surface area contributed by atoms with Crippen LogP contribution in [0, 0.1) is 6.92 Å². The molecule has 2 N–H and O–H groups in total. The minimum absolute atomic E-state index is 0.206. The second-order valence-corrected chi connectivity index (χ2v) is 4.63. The summed E-state index contributed by atoms with van der Waals surface area (Å²) in [5.41, 5.74) is 4.78. The smallest absolute Gasteiger partial charge is 0.240 e. The van der Waals surface area contributed by atoms with Gasteiger partial charge in [0.05, 0.1) is 11.9 Å². The summed E-state index contributed by atoms with van der Waals surface area (Å²) in [4.78, 5) is 15.9. The standard InChI is InChI=1S/C16H17N3O2/c1-12-5-4-7-14(18-12)11-17-19-16(21)10-9-13-6-2-3-8-15(13)20/h2-8,11,20H,9-10H2,1H3,(H,19,21). The molecule has 0 saturated heterocycles. The molecule has 1 heterocycles. The number of hydrogen-bond donors (Lipinski definition) is 2. The average Bonchev–Trinajstić information content (AvgIpc) is 2.46. The molecule has 0 spiro atoms. The highest BCUT2D eigenvalue weighted by molar-refractivity contribution is 5.80. The van der Waals surface area contributed by atoms with Gasteiger partial charge in [0.25, 0.3) is 0 Å². The number of rotatable bonds is 5. The Kier molecular flexibility index (Phi) is 5.04. The fourth-order valence-corrected chi connectivity index (χ4v) is 1.83. The SMILES string of the molecule is Cc1cccc(C=NNC(=O)CCc2ccccc2O)n1. The van der Waals surface area contributed by atoms with Crippen LogP contribution in [0.1, 0.15) is 23.4 Å². The number of phenolic OH excluding ortho intramolecular Hbond substituents is 1. The van der Waals surface area contributed by atoms with E-state index in [2.05, 4.69) is 15.5 Å². The lowest BCUT2D eigenvalue weighted by Gasteiger charge is -2.03. The van der Waals surface area contributed by atoms with E-state index in [1.807, 2.05) is 31.2 Å². The first-order chi connectivity index (χ1) is 10.1. The minimum atomic E-state index is -0.206. The summed E-state index contributed by atoms with van der Waals surface area (Å²) in [7, 11) is 0. The molecule has 0 aliphatic carbocycles. The zero-order valence-corrected chi connectivity index (χ0v) is 11.8. The van der Waals surface area contributed by atoms with Crippen molar-refractivity contribution in [3.05, 3.63) is 59.4 Å². The Labute approximate surface area is 123 Å². The highest BCUT2D eigenvalue weighted by Crippen LogP contribution is 2.16. The van der Waals surface area contributed by atoms with Crippen LogP contribution >= 0.6 is 0 Å². The Morgan fingerprint density at radius 2 is 2.10 bits per heavy atom. The van der Waals surface area contributed by atoms with Crippen LogP contribution in [0.2, 0.25) is 0 Å². The summed E-state index contributed by atoms with van der Waals surface area (Å²) in [6.07, 6.45) is 2.23. The largest absolute Gasteiger partial charge is 0.508 e. The topological polar surface area (TPSA) is 74.6 Å². The van der Waals surface area contributed by atoms with E-state index in [1.54, 1.807) is 18.2 Å². The van der Waals surface area contributed by atoms with Gasteiger partial charge in [0.2, 0.25) is 5.91 Å². The van der Waals surface area contributed by atoms with Crippen LogP contribution in [0.25, 0.3) is 0 Å². The number of aryl methyl sites for hydroxylation is 2. The van der Waals surface area contributed by atoms with Crippen molar-refractivity contribution in [3.8, 4) is 5.75 Å². The summed E-state index contributed by atoms with van der Waals surface area (Å²) in [5, 5.41) is 13.5. The van der Waals surface area contributed by atoms with Crippen LogP contribution in [0.3, 0.4) is 0 Å². The Balaban J connectivity index is 1.81. The average molecular weight is 283 g/mol. The van der Waals surface area contributed by atoms with E-state index in [-0.39, 0.29) is 18.1 Å². The highest BCUT2D eigenvalue weighted by Gasteiger charge is 2.04. The van der Waals surface area contributed by atoms with Gasteiger partial charge in [0, 0.05) is 12.1 Å². The summed E-state index contributed by atoms with van der Waals surface area (Å²) >= 11 is 0. The summed E-state index contributed by atoms with van der Waals surface area (Å²) in [6, 6.07) is 12.6. The van der Waals surface area contributed by atoms with Crippen molar-refractivity contribution in [2.24, 2.45) is 5.10 Å². The normalized spacial score (nSPS) is 10.7. The van der Waals surface area contributed by atoms with E-state index < -0.39 is 0 Å². The molecule has 0 radical (unpaired) electrons. The Hall–Kier alpha value is -2.69. The van der Waals surface area contributed by atoms with E-state index in [0.717, 1.165) is 11.3 Å². The predicted molar refractivity (Wildman–Crippen MR) is 81.1 cm³/mol. The number of nitrogens with one attached hydrogen (secondary N) is 1. The van der Waals surface area contributed by atoms with Crippen LogP contribution in [-0.2, 0) is 11.2 Å². The molecule has 1 aromatic carbocycles. The number of hydrazone groups is 1. The number of aromatic hydroxyl groups is 1. The van der Waals surface area contributed by atoms with Gasteiger partial charge in [0.15, 0.2) is 0 Å². The van der Waals surface area contributed by atoms with Gasteiger partial charge in [-0.1, -0.05) is 24.3 Å². The molecule has 21 heavy (non-hydrogen) atoms. The van der Waals surface area contributed by atoms with Crippen molar-refractivity contribution in [3.63, 3.8) is 0 Å². The molecule has 108 valence electrons. The minimum Gasteiger partial charge on any atom is -0.508 e. The van der Waals surface area contributed by atoms with Gasteiger partial charge in [-0.15, -0.1) is 0 Å². The van der Waals surface area contributed by atoms with Gasteiger partial charge in [-0.3, -0.25) is 9.78 Å². The van der Waals surface area contributed by atoms with E-state index in [1.165, 1.54) is 6.21 Å². The highest BCUT2D eigenvalue weighted by atomic mass is 16.3. The molecule has 0 unspecified atom stereocenters. The van der Waals surface area contributed by atoms with Crippen LogP contribution in [0.4, 0.5) is 0 Å².